The van der Waals surface area contributed by atoms with Crippen LogP contribution in [0.15, 0.2) is 30.5 Å². The molecule has 1 aliphatic heterocycles. The van der Waals surface area contributed by atoms with Crippen LogP contribution in [0, 0.1) is 0 Å². The van der Waals surface area contributed by atoms with Crippen LogP contribution in [0.4, 0.5) is 0 Å². The number of pyridine rings is 2. The van der Waals surface area contributed by atoms with Gasteiger partial charge < -0.3 is 24.8 Å². The lowest BCUT2D eigenvalue weighted by Gasteiger charge is -2.54. The Hall–Kier alpha value is -2.57. The molecule has 0 spiro atoms. The molecular formula is C22H23ClN2O8S. The third-order valence-electron chi connectivity index (χ3n) is 5.85. The van der Waals surface area contributed by atoms with Gasteiger partial charge in [-0.2, -0.15) is 0 Å². The van der Waals surface area contributed by atoms with Gasteiger partial charge >= 0.3 is 0 Å². The van der Waals surface area contributed by atoms with Gasteiger partial charge in [-0.1, -0.05) is 11.6 Å². The summed E-state index contributed by atoms with van der Waals surface area (Å²) in [6.07, 6.45) is 1.54. The van der Waals surface area contributed by atoms with Gasteiger partial charge in [0.2, 0.25) is 11.5 Å². The number of nitrogens with zero attached hydrogens (tertiary/aromatic N) is 2. The molecule has 1 saturated heterocycles. The number of rotatable bonds is 7. The molecule has 0 bridgehead atoms. The highest BCUT2D eigenvalue weighted by molar-refractivity contribution is 8.00. The molecular weight excluding hydrogens is 488 g/mol. The Bertz CT molecular complexity index is 1160. The molecule has 34 heavy (non-hydrogen) atoms. The maximum Gasteiger partial charge on any atom is 0.222 e. The molecule has 0 radical (unpaired) electrons. The van der Waals surface area contributed by atoms with Crippen molar-refractivity contribution < 1.29 is 39.2 Å². The molecule has 12 heteroatoms. The molecule has 0 amide bonds. The van der Waals surface area contributed by atoms with Gasteiger partial charge in [0.1, 0.15) is 0 Å². The van der Waals surface area contributed by atoms with Crippen LogP contribution in [-0.4, -0.2) is 77.7 Å². The number of carbonyl (C=O) groups is 3. The first-order chi connectivity index (χ1) is 15.8. The van der Waals surface area contributed by atoms with E-state index in [0.29, 0.717) is 28.9 Å². The van der Waals surface area contributed by atoms with Crippen LogP contribution >= 0.6 is 23.4 Å². The third-order valence-corrected chi connectivity index (χ3v) is 7.45. The van der Waals surface area contributed by atoms with Crippen molar-refractivity contribution in [3.05, 3.63) is 35.6 Å². The van der Waals surface area contributed by atoms with Gasteiger partial charge in [-0.25, -0.2) is 9.97 Å². The quantitative estimate of drug-likeness (QED) is 0.460. The minimum atomic E-state index is -3.17. The largest absolute Gasteiger partial charge is 0.481 e. The van der Waals surface area contributed by atoms with Gasteiger partial charge in [0, 0.05) is 11.9 Å². The molecule has 3 rings (SSSR count). The summed E-state index contributed by atoms with van der Waals surface area (Å²) in [7, 11) is 1.45. The maximum atomic E-state index is 12.6. The normalized spacial score (nSPS) is 28.8. The third kappa shape index (κ3) is 3.77. The molecule has 3 heterocycles. The van der Waals surface area contributed by atoms with E-state index in [-0.39, 0.29) is 10.9 Å². The molecule has 0 aromatic carbocycles. The highest BCUT2D eigenvalue weighted by Crippen LogP contribution is 2.49. The topological polar surface area (TPSA) is 156 Å². The van der Waals surface area contributed by atoms with E-state index in [0.717, 1.165) is 20.8 Å². The zero-order valence-electron chi connectivity index (χ0n) is 18.7. The number of methoxy groups -OCH3 is 1. The summed E-state index contributed by atoms with van der Waals surface area (Å²) in [6, 6.07) is 6.34. The number of aliphatic hydroxyl groups is 3. The summed E-state index contributed by atoms with van der Waals surface area (Å²) in [6.45, 7) is 2.72. The van der Waals surface area contributed by atoms with Crippen molar-refractivity contribution in [3.8, 4) is 22.9 Å². The predicted molar refractivity (Wildman–Crippen MR) is 123 cm³/mol. The minimum Gasteiger partial charge on any atom is -0.481 e. The Morgan fingerprint density at radius 2 is 1.76 bits per heavy atom. The van der Waals surface area contributed by atoms with E-state index in [9.17, 15) is 29.7 Å². The van der Waals surface area contributed by atoms with Gasteiger partial charge in [0.25, 0.3) is 0 Å². The molecule has 1 fully saturated rings. The predicted octanol–water partition coefficient (Wildman–Crippen LogP) is 1.22. The van der Waals surface area contributed by atoms with Crippen LogP contribution in [0.2, 0.25) is 5.15 Å². The van der Waals surface area contributed by atoms with E-state index in [2.05, 4.69) is 9.97 Å². The number of halogens is 1. The van der Waals surface area contributed by atoms with Crippen molar-refractivity contribution in [2.75, 3.05) is 12.9 Å². The Balaban J connectivity index is 2.05. The van der Waals surface area contributed by atoms with Crippen molar-refractivity contribution in [1.82, 2.24) is 9.97 Å². The van der Waals surface area contributed by atoms with E-state index < -0.39 is 45.3 Å². The number of hydrogen-bond donors (Lipinski definition) is 3. The van der Waals surface area contributed by atoms with E-state index in [4.69, 9.17) is 21.1 Å². The van der Waals surface area contributed by atoms with Gasteiger partial charge in [-0.15, -0.1) is 11.8 Å². The van der Waals surface area contributed by atoms with Crippen LogP contribution < -0.4 is 9.47 Å². The lowest BCUT2D eigenvalue weighted by molar-refractivity contribution is -0.236. The molecule has 2 aromatic rings. The fourth-order valence-electron chi connectivity index (χ4n) is 3.89. The van der Waals surface area contributed by atoms with Gasteiger partial charge in [-0.05, 0) is 45.0 Å². The van der Waals surface area contributed by atoms with Crippen molar-refractivity contribution >= 4 is 40.7 Å². The van der Waals surface area contributed by atoms with Crippen LogP contribution in [0.1, 0.15) is 20.8 Å². The summed E-state index contributed by atoms with van der Waals surface area (Å²) in [4.78, 5) is 45.6. The fraction of sp³-hybridized carbons (Fsp3) is 0.409. The van der Waals surface area contributed by atoms with Crippen molar-refractivity contribution in [2.45, 2.75) is 43.0 Å². The van der Waals surface area contributed by atoms with Gasteiger partial charge in [0.05, 0.1) is 18.4 Å². The standard InChI is InChI=1S/C22H23ClN2O8S/c1-11(26)20(29)10-34-19(21(30,12(2)27)22(20,31)13(3)28)33-16-8-7-15(25-17(16)23)14-6-5-9-24-18(14)32-4/h5-9,19,29-31H,10H2,1-4H3/t19-,20-,21-,22-/m0/s1. The summed E-state index contributed by atoms with van der Waals surface area (Å²) < 4.78 is 11.0. The molecule has 0 saturated carbocycles. The van der Waals surface area contributed by atoms with Crippen LogP contribution in [0.5, 0.6) is 11.6 Å². The second-order valence-corrected chi connectivity index (χ2v) is 9.22. The highest BCUT2D eigenvalue weighted by atomic mass is 35.5. The number of ketones is 3. The van der Waals surface area contributed by atoms with Crippen LogP contribution in [0.25, 0.3) is 11.3 Å². The molecule has 4 atom stereocenters. The second kappa shape index (κ2) is 9.23. The average Bonchev–Trinajstić information content (AvgIpc) is 2.79. The zero-order chi connectivity index (χ0) is 25.5. The lowest BCUT2D eigenvalue weighted by Crippen LogP contribution is -2.82. The molecule has 3 N–H and O–H groups in total. The smallest absolute Gasteiger partial charge is 0.222 e. The summed E-state index contributed by atoms with van der Waals surface area (Å²) in [5.41, 5.74) is -9.56. The van der Waals surface area contributed by atoms with Gasteiger partial charge in [0.15, 0.2) is 44.9 Å². The first kappa shape index (κ1) is 26.0. The molecule has 182 valence electrons. The minimum absolute atomic E-state index is 0.0791. The fourth-order valence-corrected chi connectivity index (χ4v) is 5.64. The highest BCUT2D eigenvalue weighted by Gasteiger charge is 2.75. The Morgan fingerprint density at radius 1 is 1.09 bits per heavy atom. The van der Waals surface area contributed by atoms with Crippen LogP contribution in [0.3, 0.4) is 0 Å². The van der Waals surface area contributed by atoms with E-state index >= 15 is 0 Å². The SMILES string of the molecule is COc1ncccc1-c1ccc(O[C@H]2SC[C@](O)(C(C)=O)[C@@](O)(C(C)=O)[C@]2(O)C(C)=O)c(Cl)n1. The van der Waals surface area contributed by atoms with Crippen LogP contribution in [-0.2, 0) is 14.4 Å². The number of carbonyl (C=O) groups excluding carboxylic acids is 3. The second-order valence-electron chi connectivity index (χ2n) is 7.81. The van der Waals surface area contributed by atoms with E-state index in [1.165, 1.54) is 19.2 Å². The summed E-state index contributed by atoms with van der Waals surface area (Å²) in [5.74, 6) is -3.57. The van der Waals surface area contributed by atoms with E-state index in [1.54, 1.807) is 18.3 Å². The molecule has 10 nitrogen and oxygen atoms in total. The lowest BCUT2D eigenvalue weighted by atomic mass is 9.65. The van der Waals surface area contributed by atoms with Crippen molar-refractivity contribution in [3.63, 3.8) is 0 Å². The summed E-state index contributed by atoms with van der Waals surface area (Å²) in [5, 5.41) is 33.4. The number of aromatic nitrogens is 2. The monoisotopic (exact) mass is 510 g/mol. The van der Waals surface area contributed by atoms with Gasteiger partial charge in [-0.3, -0.25) is 14.4 Å². The van der Waals surface area contributed by atoms with E-state index in [1.807, 2.05) is 0 Å². The summed E-state index contributed by atoms with van der Waals surface area (Å²) >= 11 is 6.97. The Morgan fingerprint density at radius 3 is 2.29 bits per heavy atom. The maximum absolute atomic E-state index is 12.6. The number of hydrogen-bond acceptors (Lipinski definition) is 11. The number of Topliss-reactive ketones (excluding diaryl/α,β-unsaturated/α-hetero) is 3. The Labute approximate surface area is 204 Å². The average molecular weight is 511 g/mol. The van der Waals surface area contributed by atoms with Crippen molar-refractivity contribution in [2.24, 2.45) is 0 Å². The first-order valence-electron chi connectivity index (χ1n) is 9.99. The molecule has 2 aromatic heterocycles. The number of thioether (sulfide) groups is 1. The molecule has 0 unspecified atom stereocenters. The molecule has 1 aliphatic rings. The zero-order valence-corrected chi connectivity index (χ0v) is 20.3. The Kier molecular flexibility index (Phi) is 7.07. The first-order valence-corrected chi connectivity index (χ1v) is 11.4. The number of ether oxygens (including phenoxy) is 2. The molecule has 0 aliphatic carbocycles. The van der Waals surface area contributed by atoms with Crippen molar-refractivity contribution in [1.29, 1.82) is 0 Å².